The van der Waals surface area contributed by atoms with E-state index in [2.05, 4.69) is 21.7 Å². The zero-order chi connectivity index (χ0) is 12.1. The highest BCUT2D eigenvalue weighted by molar-refractivity contribution is 7.03. The molecule has 17 heavy (non-hydrogen) atoms. The van der Waals surface area contributed by atoms with Gasteiger partial charge in [0, 0.05) is 5.38 Å². The lowest BCUT2D eigenvalue weighted by molar-refractivity contribution is 0.414. The molecule has 1 unspecified atom stereocenters. The van der Waals surface area contributed by atoms with Crippen molar-refractivity contribution < 1.29 is 4.74 Å². The van der Waals surface area contributed by atoms with Crippen molar-refractivity contribution in [3.8, 4) is 5.75 Å². The fourth-order valence-corrected chi connectivity index (χ4v) is 2.11. The summed E-state index contributed by atoms with van der Waals surface area (Å²) in [6.45, 7) is 0. The predicted octanol–water partition coefficient (Wildman–Crippen LogP) is 2.18. The second-order valence-electron chi connectivity index (χ2n) is 3.82. The fourth-order valence-electron chi connectivity index (χ4n) is 1.60. The monoisotopic (exact) mass is 249 g/mol. The second-order valence-corrected chi connectivity index (χ2v) is 4.43. The maximum Gasteiger partial charge on any atom is 0.118 e. The van der Waals surface area contributed by atoms with E-state index in [1.807, 2.05) is 17.5 Å². The summed E-state index contributed by atoms with van der Waals surface area (Å²) in [5, 5.41) is 5.88. The lowest BCUT2D eigenvalue weighted by atomic mass is 10.0. The van der Waals surface area contributed by atoms with E-state index in [9.17, 15) is 0 Å². The molecule has 0 saturated carbocycles. The van der Waals surface area contributed by atoms with Crippen LogP contribution in [0, 0.1) is 0 Å². The number of aryl methyl sites for hydroxylation is 1. The van der Waals surface area contributed by atoms with E-state index in [0.717, 1.165) is 24.3 Å². The molecule has 2 N–H and O–H groups in total. The molecule has 1 heterocycles. The van der Waals surface area contributed by atoms with Crippen LogP contribution in [0.2, 0.25) is 0 Å². The van der Waals surface area contributed by atoms with Crippen molar-refractivity contribution in [3.63, 3.8) is 0 Å². The summed E-state index contributed by atoms with van der Waals surface area (Å²) in [7, 11) is 1.67. The van der Waals surface area contributed by atoms with Gasteiger partial charge in [-0.2, -0.15) is 0 Å². The Morgan fingerprint density at radius 3 is 2.71 bits per heavy atom. The van der Waals surface area contributed by atoms with E-state index >= 15 is 0 Å². The first-order chi connectivity index (χ1) is 8.29. The molecule has 0 aliphatic rings. The first-order valence-corrected chi connectivity index (χ1v) is 6.28. The molecule has 0 aliphatic heterocycles. The molecule has 2 rings (SSSR count). The lowest BCUT2D eigenvalue weighted by Gasteiger charge is -2.08. The van der Waals surface area contributed by atoms with E-state index in [-0.39, 0.29) is 6.04 Å². The minimum absolute atomic E-state index is 0.0316. The van der Waals surface area contributed by atoms with Gasteiger partial charge in [-0.25, -0.2) is 0 Å². The third-order valence-electron chi connectivity index (χ3n) is 2.66. The Kier molecular flexibility index (Phi) is 4.06. The van der Waals surface area contributed by atoms with Crippen molar-refractivity contribution in [1.82, 2.24) is 9.59 Å². The highest BCUT2D eigenvalue weighted by atomic mass is 32.1. The number of methoxy groups -OCH3 is 1. The van der Waals surface area contributed by atoms with Crippen molar-refractivity contribution in [1.29, 1.82) is 0 Å². The van der Waals surface area contributed by atoms with Crippen LogP contribution in [0.3, 0.4) is 0 Å². The molecule has 90 valence electrons. The molecule has 0 saturated heterocycles. The highest BCUT2D eigenvalue weighted by Gasteiger charge is 2.08. The van der Waals surface area contributed by atoms with E-state index in [4.69, 9.17) is 10.5 Å². The molecule has 0 fully saturated rings. The number of rotatable bonds is 5. The number of hydrogen-bond donors (Lipinski definition) is 1. The zero-order valence-electron chi connectivity index (χ0n) is 9.67. The zero-order valence-corrected chi connectivity index (χ0v) is 10.5. The average Bonchev–Trinajstić information content (AvgIpc) is 2.90. The summed E-state index contributed by atoms with van der Waals surface area (Å²) in [6, 6.07) is 8.02. The molecule has 0 bridgehead atoms. The van der Waals surface area contributed by atoms with Crippen LogP contribution in [0.1, 0.15) is 23.7 Å². The minimum atomic E-state index is -0.0316. The maximum atomic E-state index is 6.02. The Balaban J connectivity index is 1.89. The van der Waals surface area contributed by atoms with Crippen molar-refractivity contribution in [3.05, 3.63) is 40.9 Å². The van der Waals surface area contributed by atoms with Crippen molar-refractivity contribution in [2.75, 3.05) is 7.11 Å². The van der Waals surface area contributed by atoms with Gasteiger partial charge in [-0.05, 0) is 42.1 Å². The van der Waals surface area contributed by atoms with Crippen LogP contribution in [-0.2, 0) is 6.42 Å². The van der Waals surface area contributed by atoms with E-state index < -0.39 is 0 Å². The minimum Gasteiger partial charge on any atom is -0.497 e. The standard InChI is InChI=1S/C12H15N3OS/c1-16-10-5-2-9(3-6-10)4-7-11(13)12-8-17-15-14-12/h2-3,5-6,8,11H,4,7,13H2,1H3. The summed E-state index contributed by atoms with van der Waals surface area (Å²) in [5.74, 6) is 0.877. The average molecular weight is 249 g/mol. The van der Waals surface area contributed by atoms with Crippen LogP contribution in [0.15, 0.2) is 29.6 Å². The number of benzene rings is 1. The van der Waals surface area contributed by atoms with Gasteiger partial charge in [0.25, 0.3) is 0 Å². The molecular weight excluding hydrogens is 234 g/mol. The Morgan fingerprint density at radius 1 is 1.35 bits per heavy atom. The first kappa shape index (κ1) is 12.0. The van der Waals surface area contributed by atoms with Crippen LogP contribution in [0.25, 0.3) is 0 Å². The number of nitrogens with two attached hydrogens (primary N) is 1. The van der Waals surface area contributed by atoms with Gasteiger partial charge in [-0.3, -0.25) is 0 Å². The molecule has 0 amide bonds. The molecule has 1 aromatic heterocycles. The largest absolute Gasteiger partial charge is 0.497 e. The number of aromatic nitrogens is 2. The van der Waals surface area contributed by atoms with E-state index in [1.165, 1.54) is 17.1 Å². The summed E-state index contributed by atoms with van der Waals surface area (Å²) in [6.07, 6.45) is 1.81. The van der Waals surface area contributed by atoms with Gasteiger partial charge in [0.1, 0.15) is 5.75 Å². The van der Waals surface area contributed by atoms with Gasteiger partial charge in [-0.15, -0.1) is 5.10 Å². The Bertz CT molecular complexity index is 441. The second kappa shape index (κ2) is 5.75. The van der Waals surface area contributed by atoms with E-state index in [0.29, 0.717) is 0 Å². The van der Waals surface area contributed by atoms with Gasteiger partial charge in [0.2, 0.25) is 0 Å². The van der Waals surface area contributed by atoms with E-state index in [1.54, 1.807) is 7.11 Å². The van der Waals surface area contributed by atoms with Crippen molar-refractivity contribution in [2.45, 2.75) is 18.9 Å². The fraction of sp³-hybridized carbons (Fsp3) is 0.333. The van der Waals surface area contributed by atoms with Crippen LogP contribution in [-0.4, -0.2) is 16.7 Å². The van der Waals surface area contributed by atoms with Gasteiger partial charge in [-0.1, -0.05) is 16.6 Å². The van der Waals surface area contributed by atoms with Crippen molar-refractivity contribution >= 4 is 11.5 Å². The molecule has 5 heteroatoms. The summed E-state index contributed by atoms with van der Waals surface area (Å²) in [4.78, 5) is 0. The van der Waals surface area contributed by atoms with Crippen LogP contribution in [0.4, 0.5) is 0 Å². The molecule has 0 aliphatic carbocycles. The summed E-state index contributed by atoms with van der Waals surface area (Å²) in [5.41, 5.74) is 8.16. The Morgan fingerprint density at radius 2 is 2.12 bits per heavy atom. The SMILES string of the molecule is COc1ccc(CCC(N)c2csnn2)cc1. The molecule has 1 atom stereocenters. The normalized spacial score (nSPS) is 12.4. The number of nitrogens with zero attached hydrogens (tertiary/aromatic N) is 2. The van der Waals surface area contributed by atoms with Gasteiger partial charge < -0.3 is 10.5 Å². The smallest absolute Gasteiger partial charge is 0.118 e. The Labute approximate surface area is 105 Å². The third-order valence-corrected chi connectivity index (χ3v) is 3.18. The number of ether oxygens (including phenoxy) is 1. The van der Waals surface area contributed by atoms with Gasteiger partial charge in [0.15, 0.2) is 0 Å². The van der Waals surface area contributed by atoms with Gasteiger partial charge >= 0.3 is 0 Å². The first-order valence-electron chi connectivity index (χ1n) is 5.45. The third kappa shape index (κ3) is 3.25. The highest BCUT2D eigenvalue weighted by Crippen LogP contribution is 2.17. The quantitative estimate of drug-likeness (QED) is 0.882. The summed E-state index contributed by atoms with van der Waals surface area (Å²) < 4.78 is 8.93. The van der Waals surface area contributed by atoms with Crippen LogP contribution < -0.4 is 10.5 Å². The molecule has 4 nitrogen and oxygen atoms in total. The molecule has 1 aromatic carbocycles. The van der Waals surface area contributed by atoms with Crippen LogP contribution >= 0.6 is 11.5 Å². The van der Waals surface area contributed by atoms with Crippen molar-refractivity contribution in [2.24, 2.45) is 5.73 Å². The Hall–Kier alpha value is -1.46. The molecule has 2 aromatic rings. The lowest BCUT2D eigenvalue weighted by Crippen LogP contribution is -2.11. The summed E-state index contributed by atoms with van der Waals surface area (Å²) >= 11 is 1.34. The predicted molar refractivity (Wildman–Crippen MR) is 68.2 cm³/mol. The van der Waals surface area contributed by atoms with Crippen LogP contribution in [0.5, 0.6) is 5.75 Å². The number of hydrogen-bond acceptors (Lipinski definition) is 5. The molecular formula is C12H15N3OS. The topological polar surface area (TPSA) is 61.0 Å². The molecule has 0 radical (unpaired) electrons. The molecule has 0 spiro atoms. The van der Waals surface area contributed by atoms with Gasteiger partial charge in [0.05, 0.1) is 18.8 Å². The maximum absolute atomic E-state index is 6.02.